The molecule has 0 atom stereocenters. The van der Waals surface area contributed by atoms with Gasteiger partial charge in [-0.05, 0) is 31.4 Å². The summed E-state index contributed by atoms with van der Waals surface area (Å²) in [7, 11) is 0. The van der Waals surface area contributed by atoms with Gasteiger partial charge in [-0.15, -0.1) is 0 Å². The summed E-state index contributed by atoms with van der Waals surface area (Å²) in [6.45, 7) is 1.99. The Bertz CT molecular complexity index is 321. The van der Waals surface area contributed by atoms with Gasteiger partial charge in [0, 0.05) is 17.8 Å². The van der Waals surface area contributed by atoms with Crippen molar-refractivity contribution in [1.82, 2.24) is 9.97 Å². The summed E-state index contributed by atoms with van der Waals surface area (Å²) in [5, 5.41) is 3.73. The fourth-order valence-electron chi connectivity index (χ4n) is 1.83. The third kappa shape index (κ3) is 2.15. The fraction of sp³-hybridized carbons (Fsp3) is 0.600. The number of rotatable bonds is 2. The quantitative estimate of drug-likeness (QED) is 0.765. The van der Waals surface area contributed by atoms with Crippen LogP contribution < -0.4 is 5.32 Å². The van der Waals surface area contributed by atoms with Crippen molar-refractivity contribution in [2.24, 2.45) is 0 Å². The predicted octanol–water partition coefficient (Wildman–Crippen LogP) is 2.79. The lowest BCUT2D eigenvalue weighted by molar-refractivity contribution is 0.748. The Morgan fingerprint density at radius 2 is 2.14 bits per heavy atom. The second kappa shape index (κ2) is 4.13. The predicted molar refractivity (Wildman–Crippen MR) is 57.7 cm³/mol. The van der Waals surface area contributed by atoms with Crippen molar-refractivity contribution in [2.75, 3.05) is 5.32 Å². The highest BCUT2D eigenvalue weighted by Crippen LogP contribution is 2.23. The Kier molecular flexibility index (Phi) is 2.87. The SMILES string of the molecule is Cc1cnc(Cl)nc1NC1CCCC1. The Morgan fingerprint density at radius 1 is 1.43 bits per heavy atom. The first-order valence-electron chi connectivity index (χ1n) is 5.01. The molecule has 0 bridgehead atoms. The molecule has 1 fully saturated rings. The third-order valence-electron chi connectivity index (χ3n) is 2.64. The minimum Gasteiger partial charge on any atom is -0.367 e. The first-order chi connectivity index (χ1) is 6.75. The van der Waals surface area contributed by atoms with E-state index >= 15 is 0 Å². The topological polar surface area (TPSA) is 37.8 Å². The van der Waals surface area contributed by atoms with Crippen molar-refractivity contribution < 1.29 is 0 Å². The minimum absolute atomic E-state index is 0.316. The van der Waals surface area contributed by atoms with Gasteiger partial charge in [0.25, 0.3) is 0 Å². The summed E-state index contributed by atoms with van der Waals surface area (Å²) in [4.78, 5) is 8.11. The van der Waals surface area contributed by atoms with Crippen LogP contribution in [-0.2, 0) is 0 Å². The summed E-state index contributed by atoms with van der Waals surface area (Å²) in [6.07, 6.45) is 6.86. The molecule has 0 radical (unpaired) electrons. The molecule has 1 aliphatic rings. The first kappa shape index (κ1) is 9.71. The van der Waals surface area contributed by atoms with E-state index in [1.165, 1.54) is 25.7 Å². The Labute approximate surface area is 88.9 Å². The van der Waals surface area contributed by atoms with Crippen molar-refractivity contribution in [1.29, 1.82) is 0 Å². The smallest absolute Gasteiger partial charge is 0.224 e. The van der Waals surface area contributed by atoms with Crippen LogP contribution in [-0.4, -0.2) is 16.0 Å². The lowest BCUT2D eigenvalue weighted by Gasteiger charge is -2.14. The summed E-state index contributed by atoms with van der Waals surface area (Å²) in [5.41, 5.74) is 1.06. The molecule has 3 nitrogen and oxygen atoms in total. The van der Waals surface area contributed by atoms with E-state index in [1.54, 1.807) is 6.20 Å². The van der Waals surface area contributed by atoms with Gasteiger partial charge in [-0.3, -0.25) is 0 Å². The molecule has 0 amide bonds. The van der Waals surface area contributed by atoms with E-state index in [2.05, 4.69) is 15.3 Å². The third-order valence-corrected chi connectivity index (χ3v) is 2.82. The zero-order valence-corrected chi connectivity index (χ0v) is 9.01. The van der Waals surface area contributed by atoms with Gasteiger partial charge in [-0.1, -0.05) is 12.8 Å². The van der Waals surface area contributed by atoms with Crippen molar-refractivity contribution in [2.45, 2.75) is 38.6 Å². The maximum Gasteiger partial charge on any atom is 0.224 e. The number of nitrogens with one attached hydrogen (secondary N) is 1. The van der Waals surface area contributed by atoms with Gasteiger partial charge in [0.1, 0.15) is 5.82 Å². The zero-order valence-electron chi connectivity index (χ0n) is 8.26. The molecule has 4 heteroatoms. The number of anilines is 1. The van der Waals surface area contributed by atoms with Gasteiger partial charge in [-0.25, -0.2) is 9.97 Å². The Morgan fingerprint density at radius 3 is 2.86 bits per heavy atom. The maximum atomic E-state index is 5.74. The van der Waals surface area contributed by atoms with Gasteiger partial charge in [0.15, 0.2) is 0 Å². The lowest BCUT2D eigenvalue weighted by atomic mass is 10.2. The molecule has 1 heterocycles. The second-order valence-electron chi connectivity index (χ2n) is 3.80. The minimum atomic E-state index is 0.316. The number of aryl methyl sites for hydroxylation is 1. The highest BCUT2D eigenvalue weighted by Gasteiger charge is 2.15. The maximum absolute atomic E-state index is 5.74. The van der Waals surface area contributed by atoms with Crippen molar-refractivity contribution >= 4 is 17.4 Å². The molecule has 0 aromatic carbocycles. The number of hydrogen-bond acceptors (Lipinski definition) is 3. The lowest BCUT2D eigenvalue weighted by Crippen LogP contribution is -2.16. The summed E-state index contributed by atoms with van der Waals surface area (Å²) in [6, 6.07) is 0.569. The van der Waals surface area contributed by atoms with Crippen LogP contribution in [0.3, 0.4) is 0 Å². The van der Waals surface area contributed by atoms with Crippen LogP contribution in [0.25, 0.3) is 0 Å². The molecule has 0 unspecified atom stereocenters. The van der Waals surface area contributed by atoms with Gasteiger partial charge in [0.2, 0.25) is 5.28 Å². The molecule has 1 N–H and O–H groups in total. The molecule has 76 valence electrons. The van der Waals surface area contributed by atoms with Crippen LogP contribution in [0.15, 0.2) is 6.20 Å². The fourth-order valence-corrected chi connectivity index (χ4v) is 1.96. The molecule has 1 aromatic rings. The molecule has 0 spiro atoms. The molecule has 2 rings (SSSR count). The van der Waals surface area contributed by atoms with E-state index in [1.807, 2.05) is 6.92 Å². The summed E-state index contributed by atoms with van der Waals surface area (Å²) in [5.74, 6) is 0.886. The average Bonchev–Trinajstić information content (AvgIpc) is 2.64. The molecule has 0 saturated heterocycles. The normalized spacial score (nSPS) is 17.3. The number of hydrogen-bond donors (Lipinski definition) is 1. The van der Waals surface area contributed by atoms with Gasteiger partial charge in [0.05, 0.1) is 0 Å². The Balaban J connectivity index is 2.10. The second-order valence-corrected chi connectivity index (χ2v) is 4.13. The standard InChI is InChI=1S/C10H14ClN3/c1-7-6-12-10(11)14-9(7)13-8-4-2-3-5-8/h6,8H,2-5H2,1H3,(H,12,13,14). The van der Waals surface area contributed by atoms with Crippen LogP contribution in [0.1, 0.15) is 31.2 Å². The molecule has 1 aromatic heterocycles. The summed E-state index contributed by atoms with van der Waals surface area (Å²) < 4.78 is 0. The molecule has 14 heavy (non-hydrogen) atoms. The van der Waals surface area contributed by atoms with E-state index in [9.17, 15) is 0 Å². The molecule has 1 saturated carbocycles. The van der Waals surface area contributed by atoms with Crippen LogP contribution in [0.4, 0.5) is 5.82 Å². The van der Waals surface area contributed by atoms with E-state index in [4.69, 9.17) is 11.6 Å². The van der Waals surface area contributed by atoms with Gasteiger partial charge in [-0.2, -0.15) is 0 Å². The monoisotopic (exact) mass is 211 g/mol. The van der Waals surface area contributed by atoms with Crippen LogP contribution in [0, 0.1) is 6.92 Å². The number of aromatic nitrogens is 2. The van der Waals surface area contributed by atoms with Crippen molar-refractivity contribution in [3.05, 3.63) is 17.0 Å². The van der Waals surface area contributed by atoms with Crippen LogP contribution in [0.2, 0.25) is 5.28 Å². The van der Waals surface area contributed by atoms with Crippen LogP contribution >= 0.6 is 11.6 Å². The van der Waals surface area contributed by atoms with Gasteiger partial charge >= 0.3 is 0 Å². The highest BCUT2D eigenvalue weighted by atomic mass is 35.5. The number of halogens is 1. The first-order valence-corrected chi connectivity index (χ1v) is 5.39. The van der Waals surface area contributed by atoms with E-state index in [-0.39, 0.29) is 0 Å². The largest absolute Gasteiger partial charge is 0.367 e. The molecule has 1 aliphatic carbocycles. The average molecular weight is 212 g/mol. The summed E-state index contributed by atoms with van der Waals surface area (Å²) >= 11 is 5.74. The molecular formula is C10H14ClN3. The van der Waals surface area contributed by atoms with E-state index < -0.39 is 0 Å². The van der Waals surface area contributed by atoms with Gasteiger partial charge < -0.3 is 5.32 Å². The number of nitrogens with zero attached hydrogens (tertiary/aromatic N) is 2. The highest BCUT2D eigenvalue weighted by molar-refractivity contribution is 6.28. The Hall–Kier alpha value is -0.830. The zero-order chi connectivity index (χ0) is 9.97. The molecular weight excluding hydrogens is 198 g/mol. The molecule has 0 aliphatic heterocycles. The van der Waals surface area contributed by atoms with E-state index in [0.29, 0.717) is 11.3 Å². The van der Waals surface area contributed by atoms with Crippen LogP contribution in [0.5, 0.6) is 0 Å². The van der Waals surface area contributed by atoms with Crippen molar-refractivity contribution in [3.8, 4) is 0 Å². The van der Waals surface area contributed by atoms with E-state index in [0.717, 1.165) is 11.4 Å². The van der Waals surface area contributed by atoms with Crippen molar-refractivity contribution in [3.63, 3.8) is 0 Å².